The zero-order chi connectivity index (χ0) is 13.0. The average Bonchev–Trinajstić information content (AvgIpc) is 2.31. The molecule has 0 aliphatic carbocycles. The summed E-state index contributed by atoms with van der Waals surface area (Å²) in [6.45, 7) is 5.56. The highest BCUT2D eigenvalue weighted by Gasteiger charge is 2.19. The van der Waals surface area contributed by atoms with E-state index in [4.69, 9.17) is 5.73 Å². The lowest BCUT2D eigenvalue weighted by atomic mass is 9.99. The summed E-state index contributed by atoms with van der Waals surface area (Å²) in [5.41, 5.74) is 6.77. The lowest BCUT2D eigenvalue weighted by Gasteiger charge is -2.17. The third-order valence-electron chi connectivity index (χ3n) is 3.00. The van der Waals surface area contributed by atoms with Gasteiger partial charge in [0.05, 0.1) is 6.04 Å². The van der Waals surface area contributed by atoms with Gasteiger partial charge in [-0.05, 0) is 30.5 Å². The van der Waals surface area contributed by atoms with Crippen molar-refractivity contribution in [2.24, 2.45) is 11.7 Å². The van der Waals surface area contributed by atoms with Gasteiger partial charge in [-0.2, -0.15) is 0 Å². The van der Waals surface area contributed by atoms with Crippen LogP contribution in [0.15, 0.2) is 18.2 Å². The van der Waals surface area contributed by atoms with Gasteiger partial charge >= 0.3 is 0 Å². The third-order valence-corrected chi connectivity index (χ3v) is 3.00. The lowest BCUT2D eigenvalue weighted by molar-refractivity contribution is -0.118. The minimum absolute atomic E-state index is 0. The van der Waals surface area contributed by atoms with Crippen LogP contribution in [-0.2, 0) is 4.79 Å². The molecule has 0 fully saturated rings. The number of carbonyl (C=O) groups excluding carboxylic acids is 1. The van der Waals surface area contributed by atoms with Gasteiger partial charge in [-0.1, -0.05) is 26.3 Å². The SMILES string of the molecule is CCC(C)C(N)C(=O)Nc1ccc(C)c(F)c1.Cl. The molecule has 102 valence electrons. The average molecular weight is 275 g/mol. The summed E-state index contributed by atoms with van der Waals surface area (Å²) in [4.78, 5) is 11.8. The molecule has 1 aromatic rings. The van der Waals surface area contributed by atoms with E-state index >= 15 is 0 Å². The Morgan fingerprint density at radius 1 is 1.50 bits per heavy atom. The van der Waals surface area contributed by atoms with Gasteiger partial charge in [0.15, 0.2) is 0 Å². The van der Waals surface area contributed by atoms with E-state index in [2.05, 4.69) is 5.32 Å². The molecule has 0 radical (unpaired) electrons. The van der Waals surface area contributed by atoms with Gasteiger partial charge < -0.3 is 11.1 Å². The standard InChI is InChI=1S/C13H19FN2O.ClH/c1-4-8(2)12(15)13(17)16-10-6-5-9(3)11(14)7-10;/h5-8,12H,4,15H2,1-3H3,(H,16,17);1H. The Morgan fingerprint density at radius 3 is 2.61 bits per heavy atom. The molecule has 0 bridgehead atoms. The molecule has 0 saturated heterocycles. The van der Waals surface area contributed by atoms with E-state index in [0.717, 1.165) is 6.42 Å². The van der Waals surface area contributed by atoms with Crippen molar-refractivity contribution < 1.29 is 9.18 Å². The van der Waals surface area contributed by atoms with Crippen LogP contribution in [0.1, 0.15) is 25.8 Å². The minimum Gasteiger partial charge on any atom is -0.325 e. The highest BCUT2D eigenvalue weighted by Crippen LogP contribution is 2.15. The Bertz CT molecular complexity index is 412. The van der Waals surface area contributed by atoms with E-state index in [1.165, 1.54) is 6.07 Å². The number of rotatable bonds is 4. The van der Waals surface area contributed by atoms with Crippen molar-refractivity contribution in [1.82, 2.24) is 0 Å². The molecule has 2 unspecified atom stereocenters. The fraction of sp³-hybridized carbons (Fsp3) is 0.462. The quantitative estimate of drug-likeness (QED) is 0.887. The second-order valence-electron chi connectivity index (χ2n) is 4.36. The second kappa shape index (κ2) is 7.34. The molecule has 3 nitrogen and oxygen atoms in total. The van der Waals surface area contributed by atoms with Crippen LogP contribution >= 0.6 is 12.4 Å². The number of halogens is 2. The summed E-state index contributed by atoms with van der Waals surface area (Å²) >= 11 is 0. The van der Waals surface area contributed by atoms with Gasteiger partial charge in [-0.25, -0.2) is 4.39 Å². The fourth-order valence-electron chi connectivity index (χ4n) is 1.41. The molecule has 1 rings (SSSR count). The van der Waals surface area contributed by atoms with Crippen molar-refractivity contribution >= 4 is 24.0 Å². The molecular weight excluding hydrogens is 255 g/mol. The normalized spacial score (nSPS) is 13.4. The van der Waals surface area contributed by atoms with E-state index in [1.54, 1.807) is 19.1 Å². The molecule has 0 aromatic heterocycles. The second-order valence-corrected chi connectivity index (χ2v) is 4.36. The topological polar surface area (TPSA) is 55.1 Å². The van der Waals surface area contributed by atoms with Crippen LogP contribution < -0.4 is 11.1 Å². The maximum absolute atomic E-state index is 13.3. The smallest absolute Gasteiger partial charge is 0.241 e. The summed E-state index contributed by atoms with van der Waals surface area (Å²) in [7, 11) is 0. The van der Waals surface area contributed by atoms with E-state index < -0.39 is 6.04 Å². The number of nitrogens with two attached hydrogens (primary N) is 1. The Morgan fingerprint density at radius 2 is 2.11 bits per heavy atom. The van der Waals surface area contributed by atoms with Crippen molar-refractivity contribution in [3.8, 4) is 0 Å². The Labute approximate surface area is 113 Å². The Kier molecular flexibility index (Phi) is 6.88. The molecule has 1 amide bonds. The number of nitrogens with one attached hydrogen (secondary N) is 1. The molecule has 5 heteroatoms. The summed E-state index contributed by atoms with van der Waals surface area (Å²) in [6.07, 6.45) is 0.830. The number of amides is 1. The van der Waals surface area contributed by atoms with E-state index in [1.807, 2.05) is 13.8 Å². The summed E-state index contributed by atoms with van der Waals surface area (Å²) in [6, 6.07) is 4.03. The summed E-state index contributed by atoms with van der Waals surface area (Å²) in [5, 5.41) is 2.62. The van der Waals surface area contributed by atoms with E-state index in [9.17, 15) is 9.18 Å². The number of hydrogen-bond acceptors (Lipinski definition) is 2. The van der Waals surface area contributed by atoms with Crippen LogP contribution in [-0.4, -0.2) is 11.9 Å². The van der Waals surface area contributed by atoms with Crippen molar-refractivity contribution in [3.63, 3.8) is 0 Å². The summed E-state index contributed by atoms with van der Waals surface area (Å²) < 4.78 is 13.3. The van der Waals surface area contributed by atoms with Gasteiger partial charge in [0.25, 0.3) is 0 Å². The molecule has 2 atom stereocenters. The predicted molar refractivity (Wildman–Crippen MR) is 74.4 cm³/mol. The first-order chi connectivity index (χ1) is 7.95. The van der Waals surface area contributed by atoms with Crippen molar-refractivity contribution in [1.29, 1.82) is 0 Å². The van der Waals surface area contributed by atoms with Crippen LogP contribution in [0.4, 0.5) is 10.1 Å². The van der Waals surface area contributed by atoms with Crippen molar-refractivity contribution in [2.75, 3.05) is 5.32 Å². The van der Waals surface area contributed by atoms with Gasteiger partial charge in [-0.3, -0.25) is 4.79 Å². The zero-order valence-electron chi connectivity index (χ0n) is 10.9. The van der Waals surface area contributed by atoms with Crippen LogP contribution in [0, 0.1) is 18.7 Å². The monoisotopic (exact) mass is 274 g/mol. The van der Waals surface area contributed by atoms with Gasteiger partial charge in [0.1, 0.15) is 5.82 Å². The minimum atomic E-state index is -0.565. The number of anilines is 1. The van der Waals surface area contributed by atoms with Crippen LogP contribution in [0.25, 0.3) is 0 Å². The van der Waals surface area contributed by atoms with Crippen LogP contribution in [0.2, 0.25) is 0 Å². The molecule has 0 saturated carbocycles. The molecule has 18 heavy (non-hydrogen) atoms. The molecule has 0 aliphatic heterocycles. The van der Waals surface area contributed by atoms with Gasteiger partial charge in [0.2, 0.25) is 5.91 Å². The molecule has 3 N–H and O–H groups in total. The number of aryl methyl sites for hydroxylation is 1. The van der Waals surface area contributed by atoms with Gasteiger partial charge in [0, 0.05) is 5.69 Å². The number of carbonyl (C=O) groups is 1. The van der Waals surface area contributed by atoms with E-state index in [-0.39, 0.29) is 30.0 Å². The van der Waals surface area contributed by atoms with Crippen LogP contribution in [0.3, 0.4) is 0 Å². The highest BCUT2D eigenvalue weighted by molar-refractivity contribution is 5.94. The first kappa shape index (κ1) is 16.9. The maximum atomic E-state index is 13.3. The summed E-state index contributed by atoms with van der Waals surface area (Å²) in [5.74, 6) is -0.507. The predicted octanol–water partition coefficient (Wildman–Crippen LogP) is 2.87. The molecular formula is C13H20ClFN2O. The lowest BCUT2D eigenvalue weighted by Crippen LogP contribution is -2.40. The molecule has 0 aliphatic rings. The van der Waals surface area contributed by atoms with Crippen LogP contribution in [0.5, 0.6) is 0 Å². The van der Waals surface area contributed by atoms with Gasteiger partial charge in [-0.15, -0.1) is 12.4 Å². The zero-order valence-corrected chi connectivity index (χ0v) is 11.7. The Hall–Kier alpha value is -1.13. The molecule has 0 heterocycles. The fourth-order valence-corrected chi connectivity index (χ4v) is 1.41. The molecule has 1 aromatic carbocycles. The molecule has 0 spiro atoms. The highest BCUT2D eigenvalue weighted by atomic mass is 35.5. The third kappa shape index (κ3) is 4.27. The van der Waals surface area contributed by atoms with Crippen molar-refractivity contribution in [2.45, 2.75) is 33.2 Å². The number of hydrogen-bond donors (Lipinski definition) is 2. The van der Waals surface area contributed by atoms with E-state index in [0.29, 0.717) is 11.3 Å². The number of benzene rings is 1. The van der Waals surface area contributed by atoms with Crippen molar-refractivity contribution in [3.05, 3.63) is 29.6 Å². The Balaban J connectivity index is 0.00000289. The maximum Gasteiger partial charge on any atom is 0.241 e. The first-order valence-corrected chi connectivity index (χ1v) is 5.78. The first-order valence-electron chi connectivity index (χ1n) is 5.78. The largest absolute Gasteiger partial charge is 0.325 e.